The molecule has 2 bridgehead atoms. The van der Waals surface area contributed by atoms with Crippen molar-refractivity contribution in [3.63, 3.8) is 0 Å². The average molecular weight is 276 g/mol. The lowest BCUT2D eigenvalue weighted by Crippen LogP contribution is -2.53. The van der Waals surface area contributed by atoms with Crippen LogP contribution in [0.2, 0.25) is 0 Å². The Labute approximate surface area is 120 Å². The SMILES string of the molecule is Cc1cc(C(=O)NC2C3CCCC2CC(N)C3)c(C)o1. The van der Waals surface area contributed by atoms with Gasteiger partial charge in [0.2, 0.25) is 0 Å². The van der Waals surface area contributed by atoms with Crippen LogP contribution in [0.5, 0.6) is 0 Å². The summed E-state index contributed by atoms with van der Waals surface area (Å²) in [7, 11) is 0. The fraction of sp³-hybridized carbons (Fsp3) is 0.688. The Bertz CT molecular complexity index is 495. The van der Waals surface area contributed by atoms with Gasteiger partial charge in [-0.2, -0.15) is 0 Å². The highest BCUT2D eigenvalue weighted by Crippen LogP contribution is 2.39. The molecular formula is C16H24N2O2. The number of amides is 1. The van der Waals surface area contributed by atoms with Crippen molar-refractivity contribution in [3.05, 3.63) is 23.2 Å². The van der Waals surface area contributed by atoms with Crippen molar-refractivity contribution >= 4 is 5.91 Å². The van der Waals surface area contributed by atoms with E-state index in [1.807, 2.05) is 19.9 Å². The summed E-state index contributed by atoms with van der Waals surface area (Å²) in [5, 5.41) is 3.26. The highest BCUT2D eigenvalue weighted by atomic mass is 16.3. The third-order valence-corrected chi connectivity index (χ3v) is 4.96. The fourth-order valence-electron chi connectivity index (χ4n) is 4.11. The number of furan rings is 1. The molecule has 4 nitrogen and oxygen atoms in total. The summed E-state index contributed by atoms with van der Waals surface area (Å²) in [5.74, 6) is 2.61. The molecule has 0 spiro atoms. The van der Waals surface area contributed by atoms with Gasteiger partial charge in [-0.3, -0.25) is 4.79 Å². The Hall–Kier alpha value is -1.29. The lowest BCUT2D eigenvalue weighted by molar-refractivity contribution is 0.0754. The van der Waals surface area contributed by atoms with Crippen molar-refractivity contribution < 1.29 is 9.21 Å². The van der Waals surface area contributed by atoms with Gasteiger partial charge in [-0.25, -0.2) is 0 Å². The molecular weight excluding hydrogens is 252 g/mol. The largest absolute Gasteiger partial charge is 0.466 e. The first kappa shape index (κ1) is 13.7. The number of nitrogens with two attached hydrogens (primary N) is 1. The van der Waals surface area contributed by atoms with Gasteiger partial charge >= 0.3 is 0 Å². The van der Waals surface area contributed by atoms with Gasteiger partial charge in [0.25, 0.3) is 5.91 Å². The summed E-state index contributed by atoms with van der Waals surface area (Å²) in [5.41, 5.74) is 6.81. The number of fused-ring (bicyclic) bond motifs is 2. The molecule has 2 saturated carbocycles. The van der Waals surface area contributed by atoms with E-state index in [0.29, 0.717) is 35.2 Å². The minimum absolute atomic E-state index is 0.0109. The van der Waals surface area contributed by atoms with E-state index in [4.69, 9.17) is 10.2 Å². The van der Waals surface area contributed by atoms with Crippen molar-refractivity contribution in [1.29, 1.82) is 0 Å². The van der Waals surface area contributed by atoms with Gasteiger partial charge < -0.3 is 15.5 Å². The first-order valence-corrected chi connectivity index (χ1v) is 7.68. The van der Waals surface area contributed by atoms with Crippen LogP contribution < -0.4 is 11.1 Å². The van der Waals surface area contributed by atoms with E-state index in [-0.39, 0.29) is 5.91 Å². The molecule has 110 valence electrons. The minimum Gasteiger partial charge on any atom is -0.466 e. The number of hydrogen-bond donors (Lipinski definition) is 2. The van der Waals surface area contributed by atoms with Crippen LogP contribution in [0.3, 0.4) is 0 Å². The second-order valence-electron chi connectivity index (χ2n) is 6.51. The Balaban J connectivity index is 1.74. The zero-order valence-electron chi connectivity index (χ0n) is 12.3. The van der Waals surface area contributed by atoms with E-state index in [9.17, 15) is 4.79 Å². The second-order valence-corrected chi connectivity index (χ2v) is 6.51. The molecule has 3 rings (SSSR count). The second kappa shape index (κ2) is 5.24. The van der Waals surface area contributed by atoms with E-state index in [1.54, 1.807) is 0 Å². The normalized spacial score (nSPS) is 33.0. The molecule has 0 radical (unpaired) electrons. The molecule has 1 amide bonds. The van der Waals surface area contributed by atoms with Gasteiger partial charge in [-0.05, 0) is 57.4 Å². The lowest BCUT2D eigenvalue weighted by atomic mass is 9.67. The zero-order valence-corrected chi connectivity index (χ0v) is 12.3. The van der Waals surface area contributed by atoms with Gasteiger partial charge in [0.05, 0.1) is 5.56 Å². The van der Waals surface area contributed by atoms with Crippen LogP contribution in [0.15, 0.2) is 10.5 Å². The number of aryl methyl sites for hydroxylation is 2. The summed E-state index contributed by atoms with van der Waals surface area (Å²) in [6.07, 6.45) is 5.76. The van der Waals surface area contributed by atoms with Gasteiger partial charge in [0.1, 0.15) is 11.5 Å². The first-order valence-electron chi connectivity index (χ1n) is 7.68. The van der Waals surface area contributed by atoms with E-state index >= 15 is 0 Å². The van der Waals surface area contributed by atoms with E-state index in [2.05, 4.69) is 5.32 Å². The first-order chi connectivity index (χ1) is 9.54. The number of carbonyl (C=O) groups is 1. The van der Waals surface area contributed by atoms with Crippen LogP contribution in [0.1, 0.15) is 54.0 Å². The topological polar surface area (TPSA) is 68.3 Å². The number of nitrogens with one attached hydrogen (secondary N) is 1. The maximum atomic E-state index is 12.5. The predicted molar refractivity (Wildman–Crippen MR) is 77.5 cm³/mol. The Morgan fingerprint density at radius 3 is 2.50 bits per heavy atom. The Kier molecular flexibility index (Phi) is 3.59. The van der Waals surface area contributed by atoms with Crippen LogP contribution in [0.25, 0.3) is 0 Å². The van der Waals surface area contributed by atoms with Crippen LogP contribution in [0, 0.1) is 25.7 Å². The molecule has 0 saturated heterocycles. The summed E-state index contributed by atoms with van der Waals surface area (Å²) >= 11 is 0. The fourth-order valence-corrected chi connectivity index (χ4v) is 4.11. The molecule has 2 unspecified atom stereocenters. The van der Waals surface area contributed by atoms with Crippen molar-refractivity contribution in [2.45, 2.75) is 58.0 Å². The summed E-state index contributed by atoms with van der Waals surface area (Å²) in [6.45, 7) is 3.72. The smallest absolute Gasteiger partial charge is 0.255 e. The van der Waals surface area contributed by atoms with Crippen LogP contribution in [-0.4, -0.2) is 18.0 Å². The predicted octanol–water partition coefficient (Wildman–Crippen LogP) is 2.53. The van der Waals surface area contributed by atoms with E-state index < -0.39 is 0 Å². The Morgan fingerprint density at radius 1 is 1.30 bits per heavy atom. The molecule has 1 aromatic heterocycles. The van der Waals surface area contributed by atoms with Gasteiger partial charge in [0.15, 0.2) is 0 Å². The van der Waals surface area contributed by atoms with Gasteiger partial charge in [0, 0.05) is 12.1 Å². The molecule has 1 heterocycles. The molecule has 2 fully saturated rings. The third kappa shape index (κ3) is 2.49. The maximum absolute atomic E-state index is 12.5. The molecule has 1 aromatic rings. The Morgan fingerprint density at radius 2 is 1.95 bits per heavy atom. The standard InChI is InChI=1S/C16H24N2O2/c1-9-6-14(10(2)20-9)16(19)18-15-11-4-3-5-12(15)8-13(17)7-11/h6,11-13,15H,3-5,7-8,17H2,1-2H3,(H,18,19). The number of hydrogen-bond acceptors (Lipinski definition) is 3. The van der Waals surface area contributed by atoms with E-state index in [0.717, 1.165) is 18.6 Å². The zero-order chi connectivity index (χ0) is 14.3. The average Bonchev–Trinajstić information content (AvgIpc) is 2.69. The quantitative estimate of drug-likeness (QED) is 0.872. The summed E-state index contributed by atoms with van der Waals surface area (Å²) in [6, 6.07) is 2.44. The highest BCUT2D eigenvalue weighted by molar-refractivity contribution is 5.95. The molecule has 0 aliphatic heterocycles. The molecule has 3 N–H and O–H groups in total. The molecule has 2 atom stereocenters. The lowest BCUT2D eigenvalue weighted by Gasteiger charge is -2.45. The van der Waals surface area contributed by atoms with Crippen molar-refractivity contribution in [3.8, 4) is 0 Å². The molecule has 0 aromatic carbocycles. The van der Waals surface area contributed by atoms with Crippen molar-refractivity contribution in [1.82, 2.24) is 5.32 Å². The molecule has 4 heteroatoms. The van der Waals surface area contributed by atoms with Crippen LogP contribution in [-0.2, 0) is 0 Å². The number of carbonyl (C=O) groups excluding carboxylic acids is 1. The van der Waals surface area contributed by atoms with Crippen molar-refractivity contribution in [2.24, 2.45) is 17.6 Å². The molecule has 2 aliphatic carbocycles. The summed E-state index contributed by atoms with van der Waals surface area (Å²) < 4.78 is 5.46. The van der Waals surface area contributed by atoms with Crippen LogP contribution in [0.4, 0.5) is 0 Å². The monoisotopic (exact) mass is 276 g/mol. The number of rotatable bonds is 2. The van der Waals surface area contributed by atoms with Crippen molar-refractivity contribution in [2.75, 3.05) is 0 Å². The molecule has 2 aliphatic rings. The third-order valence-electron chi connectivity index (χ3n) is 4.96. The van der Waals surface area contributed by atoms with Gasteiger partial charge in [-0.15, -0.1) is 0 Å². The molecule has 20 heavy (non-hydrogen) atoms. The van der Waals surface area contributed by atoms with Crippen LogP contribution >= 0.6 is 0 Å². The van der Waals surface area contributed by atoms with E-state index in [1.165, 1.54) is 19.3 Å². The maximum Gasteiger partial charge on any atom is 0.255 e. The summed E-state index contributed by atoms with van der Waals surface area (Å²) in [4.78, 5) is 12.5. The minimum atomic E-state index is 0.0109. The highest BCUT2D eigenvalue weighted by Gasteiger charge is 2.40. The van der Waals surface area contributed by atoms with Gasteiger partial charge in [-0.1, -0.05) is 6.42 Å².